The number of aromatic nitrogens is 4. The summed E-state index contributed by atoms with van der Waals surface area (Å²) >= 11 is 0. The smallest absolute Gasteiger partial charge is 0.223 e. The van der Waals surface area contributed by atoms with Gasteiger partial charge in [0.1, 0.15) is 0 Å². The fourth-order valence-electron chi connectivity index (χ4n) is 2.05. The Balaban J connectivity index is 2.36. The van der Waals surface area contributed by atoms with Crippen molar-refractivity contribution < 1.29 is 0 Å². The molecule has 0 fully saturated rings. The minimum Gasteiger partial charge on any atom is -0.359 e. The van der Waals surface area contributed by atoms with Gasteiger partial charge >= 0.3 is 0 Å². The predicted octanol–water partition coefficient (Wildman–Crippen LogP) is 1.85. The summed E-state index contributed by atoms with van der Waals surface area (Å²) in [7, 11) is 3.65. The molecule has 1 aliphatic heterocycles. The summed E-state index contributed by atoms with van der Waals surface area (Å²) in [6, 6.07) is 3.93. The maximum Gasteiger partial charge on any atom is 0.223 e. The van der Waals surface area contributed by atoms with Crippen molar-refractivity contribution in [1.82, 2.24) is 19.9 Å². The molecule has 1 aromatic rings. The van der Waals surface area contributed by atoms with Crippen LogP contribution < -0.4 is 10.6 Å². The van der Waals surface area contributed by atoms with Crippen LogP contribution in [0.1, 0.15) is 5.56 Å². The Bertz CT molecular complexity index is 685. The highest BCUT2D eigenvalue weighted by atomic mass is 15.1. The standard InChI is InChI=1S/C12H14N6/c1-6-9-7(15-11(13-2)17-9)4-5-8-10(6)18-12(14-3)16-8/h4-5H,1-3H3,(H,13,15,17)(H2,14,16,18). The van der Waals surface area contributed by atoms with Gasteiger partial charge in [0.15, 0.2) is 0 Å². The number of H-pyrrole nitrogens is 1. The van der Waals surface area contributed by atoms with E-state index in [1.165, 1.54) is 0 Å². The van der Waals surface area contributed by atoms with Crippen LogP contribution in [0.4, 0.5) is 11.9 Å². The quantitative estimate of drug-likeness (QED) is 0.639. The summed E-state index contributed by atoms with van der Waals surface area (Å²) in [5, 5.41) is 5.96. The van der Waals surface area contributed by atoms with Crippen LogP contribution >= 0.6 is 0 Å². The van der Waals surface area contributed by atoms with Crippen molar-refractivity contribution in [3.05, 3.63) is 17.7 Å². The number of aromatic amines is 1. The molecule has 3 rings (SSSR count). The van der Waals surface area contributed by atoms with E-state index in [0.717, 1.165) is 33.9 Å². The zero-order chi connectivity index (χ0) is 12.7. The molecule has 18 heavy (non-hydrogen) atoms. The van der Waals surface area contributed by atoms with Crippen molar-refractivity contribution in [3.8, 4) is 11.4 Å². The van der Waals surface area contributed by atoms with Gasteiger partial charge in [0, 0.05) is 19.7 Å². The van der Waals surface area contributed by atoms with Gasteiger partial charge in [-0.3, -0.25) is 0 Å². The number of hydrogen-bond donors (Lipinski definition) is 3. The topological polar surface area (TPSA) is 78.5 Å². The molecule has 1 aliphatic carbocycles. The molecule has 0 saturated heterocycles. The van der Waals surface area contributed by atoms with Gasteiger partial charge in [-0.2, -0.15) is 0 Å². The lowest BCUT2D eigenvalue weighted by molar-refractivity contribution is 1.26. The molecule has 1 aromatic heterocycles. The second kappa shape index (κ2) is 3.83. The molecule has 0 unspecified atom stereocenters. The Hall–Kier alpha value is -2.37. The lowest BCUT2D eigenvalue weighted by atomic mass is 10.2. The Morgan fingerprint density at radius 1 is 1.06 bits per heavy atom. The fraction of sp³-hybridized carbons (Fsp3) is 0.250. The van der Waals surface area contributed by atoms with Crippen LogP contribution in [0.2, 0.25) is 0 Å². The van der Waals surface area contributed by atoms with Gasteiger partial charge in [-0.1, -0.05) is 0 Å². The van der Waals surface area contributed by atoms with Gasteiger partial charge in [-0.25, -0.2) is 15.0 Å². The van der Waals surface area contributed by atoms with Crippen molar-refractivity contribution >= 4 is 22.9 Å². The lowest BCUT2D eigenvalue weighted by Crippen LogP contribution is -1.89. The van der Waals surface area contributed by atoms with Crippen molar-refractivity contribution in [2.24, 2.45) is 0 Å². The first kappa shape index (κ1) is 10.8. The Kier molecular flexibility index (Phi) is 2.29. The van der Waals surface area contributed by atoms with E-state index in [-0.39, 0.29) is 0 Å². The van der Waals surface area contributed by atoms with Crippen LogP contribution in [0.15, 0.2) is 12.1 Å². The average Bonchev–Trinajstić information content (AvgIpc) is 2.97. The van der Waals surface area contributed by atoms with Crippen molar-refractivity contribution in [3.63, 3.8) is 0 Å². The number of hydrogen-bond acceptors (Lipinski definition) is 5. The maximum absolute atomic E-state index is 4.50. The fourth-order valence-corrected chi connectivity index (χ4v) is 2.05. The number of nitrogens with one attached hydrogen (secondary N) is 3. The van der Waals surface area contributed by atoms with Gasteiger partial charge in [-0.05, 0) is 19.1 Å². The van der Waals surface area contributed by atoms with Crippen LogP contribution in [-0.4, -0.2) is 34.0 Å². The Morgan fingerprint density at radius 3 is 2.61 bits per heavy atom. The van der Waals surface area contributed by atoms with E-state index in [1.54, 1.807) is 0 Å². The van der Waals surface area contributed by atoms with Crippen LogP contribution in [-0.2, 0) is 0 Å². The van der Waals surface area contributed by atoms with Crippen molar-refractivity contribution in [2.45, 2.75) is 6.92 Å². The highest BCUT2D eigenvalue weighted by molar-refractivity contribution is 5.86. The Morgan fingerprint density at radius 2 is 1.89 bits per heavy atom. The first-order chi connectivity index (χ1) is 8.72. The molecular formula is C12H14N6. The van der Waals surface area contributed by atoms with Gasteiger partial charge in [0.2, 0.25) is 11.9 Å². The van der Waals surface area contributed by atoms with Crippen LogP contribution in [0.25, 0.3) is 22.4 Å². The SMILES string of the molecule is CNc1nc2ccc3[nH]c(NC)nc3c(C)c-2n1. The third-order valence-corrected chi connectivity index (χ3v) is 3.00. The van der Waals surface area contributed by atoms with Gasteiger partial charge in [0.25, 0.3) is 0 Å². The second-order valence-electron chi connectivity index (χ2n) is 4.09. The highest BCUT2D eigenvalue weighted by Crippen LogP contribution is 2.28. The van der Waals surface area contributed by atoms with Crippen molar-refractivity contribution in [1.29, 1.82) is 0 Å². The van der Waals surface area contributed by atoms with Crippen LogP contribution in [0.3, 0.4) is 0 Å². The molecule has 6 heteroatoms. The number of imidazole rings is 2. The summed E-state index contributed by atoms with van der Waals surface area (Å²) in [5.74, 6) is 1.39. The lowest BCUT2D eigenvalue weighted by Gasteiger charge is -1.93. The molecule has 0 atom stereocenters. The molecule has 2 heterocycles. The molecule has 0 bridgehead atoms. The average molecular weight is 242 g/mol. The van der Waals surface area contributed by atoms with Gasteiger partial charge in [0.05, 0.1) is 22.4 Å². The number of fused-ring (bicyclic) bond motifs is 2. The van der Waals surface area contributed by atoms with Crippen LogP contribution in [0.5, 0.6) is 0 Å². The number of nitrogens with zero attached hydrogens (tertiary/aromatic N) is 3. The van der Waals surface area contributed by atoms with E-state index in [0.29, 0.717) is 5.95 Å². The summed E-state index contributed by atoms with van der Waals surface area (Å²) in [4.78, 5) is 16.6. The highest BCUT2D eigenvalue weighted by Gasteiger charge is 2.15. The molecule has 2 aliphatic rings. The third kappa shape index (κ3) is 1.46. The van der Waals surface area contributed by atoms with E-state index in [1.807, 2.05) is 33.2 Å². The first-order valence-corrected chi connectivity index (χ1v) is 5.75. The third-order valence-electron chi connectivity index (χ3n) is 3.00. The molecular weight excluding hydrogens is 228 g/mol. The minimum absolute atomic E-state index is 0.636. The molecule has 6 nitrogen and oxygen atoms in total. The first-order valence-electron chi connectivity index (χ1n) is 5.75. The van der Waals surface area contributed by atoms with E-state index in [9.17, 15) is 0 Å². The molecule has 3 N–H and O–H groups in total. The normalized spacial score (nSPS) is 11.1. The molecule has 0 radical (unpaired) electrons. The molecule has 0 saturated carbocycles. The van der Waals surface area contributed by atoms with E-state index in [4.69, 9.17) is 0 Å². The number of aryl methyl sites for hydroxylation is 1. The van der Waals surface area contributed by atoms with E-state index >= 15 is 0 Å². The summed E-state index contributed by atoms with van der Waals surface area (Å²) in [6.07, 6.45) is 0. The molecule has 0 spiro atoms. The maximum atomic E-state index is 4.50. The summed E-state index contributed by atoms with van der Waals surface area (Å²) < 4.78 is 0. The monoisotopic (exact) mass is 242 g/mol. The van der Waals surface area contributed by atoms with E-state index in [2.05, 4.69) is 30.6 Å². The van der Waals surface area contributed by atoms with Crippen molar-refractivity contribution in [2.75, 3.05) is 24.7 Å². The van der Waals surface area contributed by atoms with Gasteiger partial charge < -0.3 is 15.6 Å². The molecule has 0 amide bonds. The molecule has 0 aromatic carbocycles. The number of rotatable bonds is 2. The summed E-state index contributed by atoms with van der Waals surface area (Å²) in [6.45, 7) is 2.01. The minimum atomic E-state index is 0.636. The number of anilines is 2. The predicted molar refractivity (Wildman–Crippen MR) is 72.1 cm³/mol. The van der Waals surface area contributed by atoms with E-state index < -0.39 is 0 Å². The van der Waals surface area contributed by atoms with Crippen LogP contribution in [0, 0.1) is 6.92 Å². The Labute approximate surface area is 104 Å². The summed E-state index contributed by atoms with van der Waals surface area (Å²) in [5.41, 5.74) is 4.66. The zero-order valence-corrected chi connectivity index (χ0v) is 10.5. The van der Waals surface area contributed by atoms with Gasteiger partial charge in [-0.15, -0.1) is 0 Å². The zero-order valence-electron chi connectivity index (χ0n) is 10.5. The second-order valence-corrected chi connectivity index (χ2v) is 4.09. The molecule has 92 valence electrons. The largest absolute Gasteiger partial charge is 0.359 e.